The molecule has 0 spiro atoms. The molecule has 2 aromatic heterocycles. The van der Waals surface area contributed by atoms with Gasteiger partial charge in [0.1, 0.15) is 0 Å². The summed E-state index contributed by atoms with van der Waals surface area (Å²) in [5, 5.41) is 5.78. The summed E-state index contributed by atoms with van der Waals surface area (Å²) in [6, 6.07) is 6.58. The van der Waals surface area contributed by atoms with Crippen LogP contribution in [-0.4, -0.2) is 52.0 Å². The van der Waals surface area contributed by atoms with Crippen LogP contribution in [0.5, 0.6) is 0 Å². The van der Waals surface area contributed by atoms with Gasteiger partial charge in [0.15, 0.2) is 0 Å². The fourth-order valence-corrected chi connectivity index (χ4v) is 4.45. The van der Waals surface area contributed by atoms with Crippen molar-refractivity contribution in [1.29, 1.82) is 0 Å². The standard InChI is InChI=1S/C21H21F3N4O2S/c1-13-6-11-31-17(13)20(29)28-9-7-27(8-10-28)14(2)19-25-18(26-30-19)15-4-3-5-16(12-15)21(22,23)24/h3-6,11-12,14H,7-10H2,1-2H3. The molecular weight excluding hydrogens is 429 g/mol. The van der Waals surface area contributed by atoms with Gasteiger partial charge in [0.2, 0.25) is 11.7 Å². The Bertz CT molecular complexity index is 1070. The molecule has 1 saturated heterocycles. The average molecular weight is 450 g/mol. The number of piperazine rings is 1. The van der Waals surface area contributed by atoms with Gasteiger partial charge in [-0.25, -0.2) is 0 Å². The van der Waals surface area contributed by atoms with Gasteiger partial charge in [-0.2, -0.15) is 18.2 Å². The van der Waals surface area contributed by atoms with Crippen LogP contribution in [0, 0.1) is 6.92 Å². The zero-order valence-corrected chi connectivity index (χ0v) is 17.8. The maximum Gasteiger partial charge on any atom is 0.416 e. The predicted octanol–water partition coefficient (Wildman–Crippen LogP) is 4.64. The fourth-order valence-electron chi connectivity index (χ4n) is 3.56. The first kappa shape index (κ1) is 21.5. The van der Waals surface area contributed by atoms with Gasteiger partial charge in [-0.15, -0.1) is 11.3 Å². The van der Waals surface area contributed by atoms with Crippen molar-refractivity contribution in [2.75, 3.05) is 26.2 Å². The molecule has 1 fully saturated rings. The summed E-state index contributed by atoms with van der Waals surface area (Å²) in [5.41, 5.74) is 0.476. The van der Waals surface area contributed by atoms with Crippen LogP contribution < -0.4 is 0 Å². The first-order chi connectivity index (χ1) is 14.7. The summed E-state index contributed by atoms with van der Waals surface area (Å²) in [7, 11) is 0. The van der Waals surface area contributed by atoms with Crippen LogP contribution in [0.2, 0.25) is 0 Å². The van der Waals surface area contributed by atoms with Crippen molar-refractivity contribution in [3.05, 3.63) is 57.6 Å². The summed E-state index contributed by atoms with van der Waals surface area (Å²) in [5.74, 6) is 0.501. The number of alkyl halides is 3. The van der Waals surface area contributed by atoms with Gasteiger partial charge in [-0.05, 0) is 43.0 Å². The molecule has 0 bridgehead atoms. The molecule has 31 heavy (non-hydrogen) atoms. The summed E-state index contributed by atoms with van der Waals surface area (Å²) in [4.78, 5) is 21.7. The molecule has 1 aliphatic heterocycles. The van der Waals surface area contributed by atoms with E-state index in [-0.39, 0.29) is 23.3 Å². The molecule has 6 nitrogen and oxygen atoms in total. The molecule has 1 amide bonds. The lowest BCUT2D eigenvalue weighted by Gasteiger charge is -2.36. The van der Waals surface area contributed by atoms with Gasteiger partial charge in [0.05, 0.1) is 16.5 Å². The van der Waals surface area contributed by atoms with Crippen molar-refractivity contribution >= 4 is 17.2 Å². The smallest absolute Gasteiger partial charge is 0.337 e. The van der Waals surface area contributed by atoms with Crippen LogP contribution in [-0.2, 0) is 6.18 Å². The normalized spacial score (nSPS) is 16.5. The third-order valence-electron chi connectivity index (χ3n) is 5.45. The molecule has 0 saturated carbocycles. The fraction of sp³-hybridized carbons (Fsp3) is 0.381. The minimum Gasteiger partial charge on any atom is -0.337 e. The van der Waals surface area contributed by atoms with E-state index in [1.807, 2.05) is 30.2 Å². The van der Waals surface area contributed by atoms with Crippen molar-refractivity contribution in [3.63, 3.8) is 0 Å². The Morgan fingerprint density at radius 2 is 1.94 bits per heavy atom. The van der Waals surface area contributed by atoms with Gasteiger partial charge in [0, 0.05) is 31.7 Å². The number of hydrogen-bond donors (Lipinski definition) is 0. The number of aromatic nitrogens is 2. The summed E-state index contributed by atoms with van der Waals surface area (Å²) in [6.07, 6.45) is -4.44. The van der Waals surface area contributed by atoms with Crippen LogP contribution in [0.3, 0.4) is 0 Å². The molecule has 1 aromatic carbocycles. The van der Waals surface area contributed by atoms with Gasteiger partial charge in [0.25, 0.3) is 5.91 Å². The van der Waals surface area contributed by atoms with Crippen molar-refractivity contribution in [2.24, 2.45) is 0 Å². The number of benzene rings is 1. The Morgan fingerprint density at radius 1 is 1.19 bits per heavy atom. The molecule has 10 heteroatoms. The number of hydrogen-bond acceptors (Lipinski definition) is 6. The number of amides is 1. The topological polar surface area (TPSA) is 62.5 Å². The number of nitrogens with zero attached hydrogens (tertiary/aromatic N) is 4. The van der Waals surface area contributed by atoms with E-state index < -0.39 is 11.7 Å². The second kappa shape index (κ2) is 8.43. The number of halogens is 3. The molecule has 4 rings (SSSR count). The molecule has 1 unspecified atom stereocenters. The number of carbonyl (C=O) groups excluding carboxylic acids is 1. The lowest BCUT2D eigenvalue weighted by molar-refractivity contribution is -0.137. The highest BCUT2D eigenvalue weighted by Gasteiger charge is 2.32. The summed E-state index contributed by atoms with van der Waals surface area (Å²) in [6.45, 7) is 6.27. The second-order valence-electron chi connectivity index (χ2n) is 7.47. The molecule has 3 heterocycles. The molecular formula is C21H21F3N4O2S. The molecule has 0 radical (unpaired) electrons. The highest BCUT2D eigenvalue weighted by atomic mass is 32.1. The molecule has 1 aliphatic rings. The van der Waals surface area contributed by atoms with Crippen LogP contribution >= 0.6 is 11.3 Å². The average Bonchev–Trinajstić information content (AvgIpc) is 3.42. The van der Waals surface area contributed by atoms with Crippen LogP contribution in [0.15, 0.2) is 40.2 Å². The van der Waals surface area contributed by atoms with Gasteiger partial charge < -0.3 is 9.42 Å². The zero-order chi connectivity index (χ0) is 22.2. The number of rotatable bonds is 4. The monoisotopic (exact) mass is 450 g/mol. The van der Waals surface area contributed by atoms with E-state index in [1.54, 1.807) is 0 Å². The summed E-state index contributed by atoms with van der Waals surface area (Å²) >= 11 is 1.45. The third kappa shape index (κ3) is 4.49. The van der Waals surface area contributed by atoms with Gasteiger partial charge in [-0.3, -0.25) is 9.69 Å². The third-order valence-corrected chi connectivity index (χ3v) is 6.46. The van der Waals surface area contributed by atoms with Gasteiger partial charge in [-0.1, -0.05) is 17.3 Å². The first-order valence-electron chi connectivity index (χ1n) is 9.82. The number of aryl methyl sites for hydroxylation is 1. The molecule has 164 valence electrons. The molecule has 0 aliphatic carbocycles. The second-order valence-corrected chi connectivity index (χ2v) is 8.39. The SMILES string of the molecule is Cc1ccsc1C(=O)N1CCN(C(C)c2nc(-c3cccc(C(F)(F)F)c3)no2)CC1. The molecule has 0 N–H and O–H groups in total. The Labute approximate surface area is 181 Å². The van der Waals surface area contributed by atoms with Gasteiger partial charge >= 0.3 is 6.18 Å². The van der Waals surface area contributed by atoms with Crippen molar-refractivity contribution in [3.8, 4) is 11.4 Å². The Kier molecular flexibility index (Phi) is 5.85. The van der Waals surface area contributed by atoms with E-state index in [0.717, 1.165) is 22.6 Å². The predicted molar refractivity (Wildman–Crippen MR) is 110 cm³/mol. The van der Waals surface area contributed by atoms with E-state index in [2.05, 4.69) is 15.0 Å². The van der Waals surface area contributed by atoms with E-state index in [9.17, 15) is 18.0 Å². The minimum atomic E-state index is -4.44. The van der Waals surface area contributed by atoms with E-state index in [4.69, 9.17) is 4.52 Å². The largest absolute Gasteiger partial charge is 0.416 e. The van der Waals surface area contributed by atoms with Crippen molar-refractivity contribution in [2.45, 2.75) is 26.1 Å². The number of thiophene rings is 1. The lowest BCUT2D eigenvalue weighted by Crippen LogP contribution is -2.49. The molecule has 1 atom stereocenters. The maximum atomic E-state index is 13.0. The molecule has 3 aromatic rings. The van der Waals surface area contributed by atoms with E-state index in [1.165, 1.54) is 23.5 Å². The lowest BCUT2D eigenvalue weighted by atomic mass is 10.1. The van der Waals surface area contributed by atoms with E-state index in [0.29, 0.717) is 32.1 Å². The quantitative estimate of drug-likeness (QED) is 0.579. The first-order valence-corrected chi connectivity index (χ1v) is 10.7. The number of carbonyl (C=O) groups is 1. The highest BCUT2D eigenvalue weighted by Crippen LogP contribution is 2.32. The van der Waals surface area contributed by atoms with Crippen LogP contribution in [0.4, 0.5) is 13.2 Å². The van der Waals surface area contributed by atoms with Crippen LogP contribution in [0.25, 0.3) is 11.4 Å². The van der Waals surface area contributed by atoms with Crippen molar-refractivity contribution in [1.82, 2.24) is 19.9 Å². The zero-order valence-electron chi connectivity index (χ0n) is 17.0. The Hall–Kier alpha value is -2.72. The summed E-state index contributed by atoms with van der Waals surface area (Å²) < 4.78 is 44.2. The van der Waals surface area contributed by atoms with Crippen LogP contribution in [0.1, 0.15) is 39.7 Å². The Morgan fingerprint density at radius 3 is 2.58 bits per heavy atom. The highest BCUT2D eigenvalue weighted by molar-refractivity contribution is 7.12. The Balaban J connectivity index is 1.41. The van der Waals surface area contributed by atoms with Crippen molar-refractivity contribution < 1.29 is 22.5 Å². The van der Waals surface area contributed by atoms with E-state index >= 15 is 0 Å². The maximum absolute atomic E-state index is 13.0. The minimum absolute atomic E-state index is 0.0458.